The number of H-pyrrole nitrogens is 1. The minimum absolute atomic E-state index is 0. The second kappa shape index (κ2) is 11.0. The van der Waals surface area contributed by atoms with E-state index in [1.807, 2.05) is 42.6 Å². The third-order valence-corrected chi connectivity index (χ3v) is 4.55. The summed E-state index contributed by atoms with van der Waals surface area (Å²) in [7, 11) is 3.45. The SMILES string of the molecule is CN=C(NCCc1c[nH]c2cc(F)ccc12)NCC(OC)c1ccccc1.I. The van der Waals surface area contributed by atoms with Crippen molar-refractivity contribution in [3.05, 3.63) is 71.7 Å². The van der Waals surface area contributed by atoms with Crippen LogP contribution in [0.25, 0.3) is 10.9 Å². The second-order valence-corrected chi connectivity index (χ2v) is 6.27. The van der Waals surface area contributed by atoms with E-state index in [4.69, 9.17) is 4.74 Å². The Morgan fingerprint density at radius 2 is 1.96 bits per heavy atom. The summed E-state index contributed by atoms with van der Waals surface area (Å²) in [6, 6.07) is 14.9. The zero-order chi connectivity index (χ0) is 19.1. The summed E-state index contributed by atoms with van der Waals surface area (Å²) in [6.45, 7) is 1.33. The lowest BCUT2D eigenvalue weighted by Crippen LogP contribution is -2.40. The number of aromatic nitrogens is 1. The molecule has 1 unspecified atom stereocenters. The third kappa shape index (κ3) is 5.68. The van der Waals surface area contributed by atoms with Gasteiger partial charge in [-0.3, -0.25) is 4.99 Å². The molecule has 1 atom stereocenters. The minimum Gasteiger partial charge on any atom is -0.375 e. The predicted octanol–water partition coefficient (Wildman–Crippen LogP) is 4.02. The number of fused-ring (bicyclic) bond motifs is 1. The Morgan fingerprint density at radius 3 is 2.68 bits per heavy atom. The molecule has 0 bridgehead atoms. The van der Waals surface area contributed by atoms with Crippen LogP contribution >= 0.6 is 24.0 Å². The lowest BCUT2D eigenvalue weighted by Gasteiger charge is -2.18. The van der Waals surface area contributed by atoms with Crippen LogP contribution in [0.3, 0.4) is 0 Å². The van der Waals surface area contributed by atoms with E-state index in [9.17, 15) is 4.39 Å². The molecule has 0 aliphatic heterocycles. The Hall–Kier alpha value is -2.13. The molecular weight excluding hydrogens is 470 g/mol. The summed E-state index contributed by atoms with van der Waals surface area (Å²) in [4.78, 5) is 7.38. The number of aliphatic imine (C=N–C) groups is 1. The molecule has 1 aromatic heterocycles. The molecular formula is C21H26FIN4O. The van der Waals surface area contributed by atoms with Gasteiger partial charge in [0, 0.05) is 44.3 Å². The van der Waals surface area contributed by atoms with E-state index in [2.05, 4.69) is 20.6 Å². The van der Waals surface area contributed by atoms with Crippen molar-refractivity contribution in [2.75, 3.05) is 27.2 Å². The van der Waals surface area contributed by atoms with Gasteiger partial charge in [-0.2, -0.15) is 0 Å². The van der Waals surface area contributed by atoms with Gasteiger partial charge < -0.3 is 20.4 Å². The van der Waals surface area contributed by atoms with E-state index in [1.54, 1.807) is 14.2 Å². The molecule has 3 aromatic rings. The molecule has 0 fully saturated rings. The Balaban J connectivity index is 0.00000280. The van der Waals surface area contributed by atoms with E-state index < -0.39 is 0 Å². The zero-order valence-corrected chi connectivity index (χ0v) is 18.4. The molecule has 0 amide bonds. The van der Waals surface area contributed by atoms with Crippen molar-refractivity contribution in [1.82, 2.24) is 15.6 Å². The van der Waals surface area contributed by atoms with E-state index in [0.29, 0.717) is 13.1 Å². The fourth-order valence-electron chi connectivity index (χ4n) is 3.10. The van der Waals surface area contributed by atoms with Gasteiger partial charge in [0.15, 0.2) is 5.96 Å². The van der Waals surface area contributed by atoms with Crippen LogP contribution in [0.2, 0.25) is 0 Å². The number of halogens is 2. The van der Waals surface area contributed by atoms with Gasteiger partial charge in [-0.05, 0) is 35.7 Å². The molecule has 1 heterocycles. The number of aromatic amines is 1. The van der Waals surface area contributed by atoms with Crippen molar-refractivity contribution >= 4 is 40.8 Å². The molecule has 5 nitrogen and oxygen atoms in total. The first kappa shape index (κ1) is 22.2. The van der Waals surface area contributed by atoms with Crippen molar-refractivity contribution in [3.63, 3.8) is 0 Å². The average molecular weight is 496 g/mol. The van der Waals surface area contributed by atoms with Crippen molar-refractivity contribution in [2.24, 2.45) is 4.99 Å². The maximum atomic E-state index is 13.3. The Labute approximate surface area is 181 Å². The van der Waals surface area contributed by atoms with Gasteiger partial charge in [0.1, 0.15) is 5.82 Å². The highest BCUT2D eigenvalue weighted by molar-refractivity contribution is 14.0. The van der Waals surface area contributed by atoms with Crippen molar-refractivity contribution < 1.29 is 9.13 Å². The van der Waals surface area contributed by atoms with Crippen molar-refractivity contribution in [2.45, 2.75) is 12.5 Å². The Bertz CT molecular complexity index is 898. The van der Waals surface area contributed by atoms with Crippen LogP contribution in [0.4, 0.5) is 4.39 Å². The van der Waals surface area contributed by atoms with Crippen LogP contribution in [0.1, 0.15) is 17.2 Å². The molecule has 7 heteroatoms. The molecule has 3 N–H and O–H groups in total. The summed E-state index contributed by atoms with van der Waals surface area (Å²) >= 11 is 0. The van der Waals surface area contributed by atoms with Gasteiger partial charge in [0.2, 0.25) is 0 Å². The molecule has 28 heavy (non-hydrogen) atoms. The number of hydrogen-bond donors (Lipinski definition) is 3. The van der Waals surface area contributed by atoms with Crippen molar-refractivity contribution in [1.29, 1.82) is 0 Å². The maximum Gasteiger partial charge on any atom is 0.191 e. The summed E-state index contributed by atoms with van der Waals surface area (Å²) in [6.07, 6.45) is 2.69. The number of rotatable bonds is 7. The fraction of sp³-hybridized carbons (Fsp3) is 0.286. The summed E-state index contributed by atoms with van der Waals surface area (Å²) in [5.41, 5.74) is 3.08. The molecule has 0 aliphatic carbocycles. The normalized spacial score (nSPS) is 12.5. The molecule has 0 radical (unpaired) electrons. The molecule has 0 saturated carbocycles. The molecule has 3 rings (SSSR count). The number of ether oxygens (including phenoxy) is 1. The molecule has 150 valence electrons. The standard InChI is InChI=1S/C21H25FN4O.HI/c1-23-21(26-14-20(27-2)15-6-4-3-5-7-15)24-11-10-16-13-25-19-12-17(22)8-9-18(16)19;/h3-9,12-13,20,25H,10-11,14H2,1-2H3,(H2,23,24,26);1H. The van der Waals surface area contributed by atoms with Gasteiger partial charge >= 0.3 is 0 Å². The van der Waals surface area contributed by atoms with E-state index in [0.717, 1.165) is 34.4 Å². The highest BCUT2D eigenvalue weighted by Crippen LogP contribution is 2.19. The van der Waals surface area contributed by atoms with E-state index >= 15 is 0 Å². The van der Waals surface area contributed by atoms with Crippen molar-refractivity contribution in [3.8, 4) is 0 Å². The number of hydrogen-bond acceptors (Lipinski definition) is 2. The molecule has 2 aromatic carbocycles. The quantitative estimate of drug-likeness (QED) is 0.263. The van der Waals surface area contributed by atoms with E-state index in [-0.39, 0.29) is 35.9 Å². The predicted molar refractivity (Wildman–Crippen MR) is 123 cm³/mol. The van der Waals surface area contributed by atoms with Gasteiger partial charge in [-0.15, -0.1) is 24.0 Å². The van der Waals surface area contributed by atoms with E-state index in [1.165, 1.54) is 12.1 Å². The van der Waals surface area contributed by atoms with Crippen LogP contribution in [0.15, 0.2) is 59.7 Å². The maximum absolute atomic E-state index is 13.3. The zero-order valence-electron chi connectivity index (χ0n) is 16.0. The lowest BCUT2D eigenvalue weighted by molar-refractivity contribution is 0.106. The summed E-state index contributed by atoms with van der Waals surface area (Å²) in [5.74, 6) is 0.489. The largest absolute Gasteiger partial charge is 0.375 e. The topological polar surface area (TPSA) is 61.4 Å². The lowest BCUT2D eigenvalue weighted by atomic mass is 10.1. The van der Waals surface area contributed by atoms with Crippen LogP contribution in [-0.2, 0) is 11.2 Å². The molecule has 0 aliphatic rings. The van der Waals surface area contributed by atoms with Crippen LogP contribution in [0, 0.1) is 5.82 Å². The number of benzene rings is 2. The molecule has 0 saturated heterocycles. The Kier molecular flexibility index (Phi) is 8.72. The second-order valence-electron chi connectivity index (χ2n) is 6.27. The van der Waals surface area contributed by atoms with Crippen LogP contribution in [-0.4, -0.2) is 38.2 Å². The smallest absolute Gasteiger partial charge is 0.191 e. The minimum atomic E-state index is -0.232. The Morgan fingerprint density at radius 1 is 1.18 bits per heavy atom. The van der Waals surface area contributed by atoms with Gasteiger partial charge in [-0.25, -0.2) is 4.39 Å². The third-order valence-electron chi connectivity index (χ3n) is 4.55. The fourth-order valence-corrected chi connectivity index (χ4v) is 3.10. The van der Waals surface area contributed by atoms with Gasteiger partial charge in [0.05, 0.1) is 6.10 Å². The van der Waals surface area contributed by atoms with Crippen LogP contribution < -0.4 is 10.6 Å². The number of nitrogens with zero attached hydrogens (tertiary/aromatic N) is 1. The average Bonchev–Trinajstić information content (AvgIpc) is 3.09. The van der Waals surface area contributed by atoms with Gasteiger partial charge in [-0.1, -0.05) is 30.3 Å². The first-order valence-corrected chi connectivity index (χ1v) is 8.99. The molecule has 0 spiro atoms. The first-order chi connectivity index (χ1) is 13.2. The monoisotopic (exact) mass is 496 g/mol. The number of guanidine groups is 1. The van der Waals surface area contributed by atoms with Gasteiger partial charge in [0.25, 0.3) is 0 Å². The van der Waals surface area contributed by atoms with Crippen LogP contribution in [0.5, 0.6) is 0 Å². The first-order valence-electron chi connectivity index (χ1n) is 8.99. The number of methoxy groups -OCH3 is 1. The number of nitrogens with one attached hydrogen (secondary N) is 3. The summed E-state index contributed by atoms with van der Waals surface area (Å²) < 4.78 is 18.9. The summed E-state index contributed by atoms with van der Waals surface area (Å²) in [5, 5.41) is 7.66. The highest BCUT2D eigenvalue weighted by atomic mass is 127. The highest BCUT2D eigenvalue weighted by Gasteiger charge is 2.11.